The molecule has 3 aromatic rings. The second-order valence-electron chi connectivity index (χ2n) is 7.67. The largest absolute Gasteiger partial charge is 0.467 e. The van der Waals surface area contributed by atoms with Crippen LogP contribution in [0.5, 0.6) is 5.88 Å². The van der Waals surface area contributed by atoms with Crippen molar-refractivity contribution in [3.8, 4) is 5.88 Å². The van der Waals surface area contributed by atoms with Crippen LogP contribution in [-0.4, -0.2) is 29.0 Å². The van der Waals surface area contributed by atoms with Gasteiger partial charge in [-0.2, -0.15) is 4.98 Å². The standard InChI is InChI=1S/C24H26N4O2/c1-16-7-6-10-21(18(16)3)26-22(29)15-30-23-13-17(2)25-24(27-23)28-12-11-19-8-4-5-9-20(19)14-28/h4-10,13H,11-12,14-15H2,1-3H3,(H,26,29). The topological polar surface area (TPSA) is 67.3 Å². The van der Waals surface area contributed by atoms with Crippen LogP contribution in [-0.2, 0) is 17.8 Å². The molecular weight excluding hydrogens is 376 g/mol. The molecule has 0 atom stereocenters. The van der Waals surface area contributed by atoms with Gasteiger partial charge in [-0.15, -0.1) is 0 Å². The van der Waals surface area contributed by atoms with Crippen molar-refractivity contribution < 1.29 is 9.53 Å². The van der Waals surface area contributed by atoms with Crippen LogP contribution < -0.4 is 15.0 Å². The molecule has 0 saturated carbocycles. The smallest absolute Gasteiger partial charge is 0.262 e. The van der Waals surface area contributed by atoms with Crippen molar-refractivity contribution in [2.24, 2.45) is 0 Å². The van der Waals surface area contributed by atoms with E-state index in [0.29, 0.717) is 11.8 Å². The molecule has 6 nitrogen and oxygen atoms in total. The molecule has 0 saturated heterocycles. The number of rotatable bonds is 5. The third-order valence-electron chi connectivity index (χ3n) is 5.46. The number of nitrogens with one attached hydrogen (secondary N) is 1. The van der Waals surface area contributed by atoms with E-state index in [1.165, 1.54) is 11.1 Å². The summed E-state index contributed by atoms with van der Waals surface area (Å²) in [5.41, 5.74) is 6.47. The Labute approximate surface area is 176 Å². The van der Waals surface area contributed by atoms with Gasteiger partial charge in [0.05, 0.1) is 0 Å². The van der Waals surface area contributed by atoms with Crippen LogP contribution in [0.1, 0.15) is 27.9 Å². The van der Waals surface area contributed by atoms with Gasteiger partial charge in [-0.3, -0.25) is 4.79 Å². The van der Waals surface area contributed by atoms with Gasteiger partial charge in [0.15, 0.2) is 6.61 Å². The third-order valence-corrected chi connectivity index (χ3v) is 5.46. The summed E-state index contributed by atoms with van der Waals surface area (Å²) >= 11 is 0. The van der Waals surface area contributed by atoms with Crippen molar-refractivity contribution in [1.29, 1.82) is 0 Å². The summed E-state index contributed by atoms with van der Waals surface area (Å²) in [6.45, 7) is 7.44. The highest BCUT2D eigenvalue weighted by molar-refractivity contribution is 5.92. The first-order valence-corrected chi connectivity index (χ1v) is 10.2. The van der Waals surface area contributed by atoms with Crippen molar-refractivity contribution in [1.82, 2.24) is 9.97 Å². The van der Waals surface area contributed by atoms with Gasteiger partial charge in [0.25, 0.3) is 5.91 Å². The summed E-state index contributed by atoms with van der Waals surface area (Å²) in [6, 6.07) is 16.0. The lowest BCUT2D eigenvalue weighted by Gasteiger charge is -2.29. The van der Waals surface area contributed by atoms with Crippen molar-refractivity contribution >= 4 is 17.5 Å². The maximum atomic E-state index is 12.4. The summed E-state index contributed by atoms with van der Waals surface area (Å²) in [6.07, 6.45) is 0.960. The first kappa shape index (κ1) is 19.9. The number of ether oxygens (including phenoxy) is 1. The molecule has 0 spiro atoms. The number of hydrogen-bond acceptors (Lipinski definition) is 5. The minimum atomic E-state index is -0.214. The second-order valence-corrected chi connectivity index (χ2v) is 7.67. The molecule has 1 amide bonds. The van der Waals surface area contributed by atoms with Gasteiger partial charge in [-0.05, 0) is 55.5 Å². The number of hydrogen-bond donors (Lipinski definition) is 1. The first-order valence-electron chi connectivity index (χ1n) is 10.2. The van der Waals surface area contributed by atoms with E-state index in [4.69, 9.17) is 4.74 Å². The number of carbonyl (C=O) groups is 1. The van der Waals surface area contributed by atoms with E-state index in [9.17, 15) is 4.79 Å². The van der Waals surface area contributed by atoms with Gasteiger partial charge < -0.3 is 15.0 Å². The molecule has 0 fully saturated rings. The Morgan fingerprint density at radius 1 is 1.07 bits per heavy atom. The molecule has 0 unspecified atom stereocenters. The number of anilines is 2. The average Bonchev–Trinajstić information content (AvgIpc) is 2.75. The predicted molar refractivity (Wildman–Crippen MR) is 118 cm³/mol. The number of nitrogens with zero attached hydrogens (tertiary/aromatic N) is 3. The molecule has 2 heterocycles. The molecule has 0 aliphatic carbocycles. The highest BCUT2D eigenvalue weighted by Crippen LogP contribution is 2.24. The Kier molecular flexibility index (Phi) is 5.65. The van der Waals surface area contributed by atoms with Crippen LogP contribution in [0.4, 0.5) is 11.6 Å². The Morgan fingerprint density at radius 2 is 1.87 bits per heavy atom. The van der Waals surface area contributed by atoms with Crippen LogP contribution in [0, 0.1) is 20.8 Å². The Hall–Kier alpha value is -3.41. The summed E-state index contributed by atoms with van der Waals surface area (Å²) < 4.78 is 5.70. The van der Waals surface area contributed by atoms with E-state index in [1.54, 1.807) is 6.07 Å². The average molecular weight is 402 g/mol. The van der Waals surface area contributed by atoms with Gasteiger partial charge >= 0.3 is 0 Å². The van der Waals surface area contributed by atoms with Crippen LogP contribution >= 0.6 is 0 Å². The molecule has 1 aliphatic heterocycles. The quantitative estimate of drug-likeness (QED) is 0.699. The van der Waals surface area contributed by atoms with Gasteiger partial charge in [-0.25, -0.2) is 4.98 Å². The molecule has 0 radical (unpaired) electrons. The lowest BCUT2D eigenvalue weighted by atomic mass is 10.0. The zero-order chi connectivity index (χ0) is 21.1. The number of amides is 1. The van der Waals surface area contributed by atoms with E-state index >= 15 is 0 Å². The minimum absolute atomic E-state index is 0.105. The van der Waals surface area contributed by atoms with Crippen LogP contribution in [0.15, 0.2) is 48.5 Å². The zero-order valence-electron chi connectivity index (χ0n) is 17.6. The SMILES string of the molecule is Cc1cc(OCC(=O)Nc2cccc(C)c2C)nc(N2CCc3ccccc3C2)n1. The van der Waals surface area contributed by atoms with Crippen molar-refractivity contribution in [3.63, 3.8) is 0 Å². The zero-order valence-corrected chi connectivity index (χ0v) is 17.6. The van der Waals surface area contributed by atoms with E-state index in [1.807, 2.05) is 39.0 Å². The van der Waals surface area contributed by atoms with Crippen molar-refractivity contribution in [2.75, 3.05) is 23.4 Å². The molecule has 6 heteroatoms. The third kappa shape index (κ3) is 4.43. The van der Waals surface area contributed by atoms with Crippen LogP contribution in [0.3, 0.4) is 0 Å². The molecule has 1 N–H and O–H groups in total. The van der Waals surface area contributed by atoms with Gasteiger partial charge in [0.1, 0.15) is 0 Å². The Bertz CT molecular complexity index is 1080. The maximum absolute atomic E-state index is 12.4. The van der Waals surface area contributed by atoms with Gasteiger partial charge in [-0.1, -0.05) is 36.4 Å². The second kappa shape index (κ2) is 8.53. The van der Waals surface area contributed by atoms with E-state index in [0.717, 1.165) is 42.0 Å². The van der Waals surface area contributed by atoms with E-state index < -0.39 is 0 Å². The summed E-state index contributed by atoms with van der Waals surface area (Å²) in [5.74, 6) is 0.829. The van der Waals surface area contributed by atoms with E-state index in [-0.39, 0.29) is 12.5 Å². The molecule has 154 valence electrons. The Balaban J connectivity index is 1.42. The fraction of sp³-hybridized carbons (Fsp3) is 0.292. The number of aryl methyl sites for hydroxylation is 2. The number of aromatic nitrogens is 2. The molecule has 1 aromatic heterocycles. The summed E-state index contributed by atoms with van der Waals surface area (Å²) in [5, 5.41) is 2.91. The van der Waals surface area contributed by atoms with E-state index in [2.05, 4.69) is 44.5 Å². The van der Waals surface area contributed by atoms with Crippen molar-refractivity contribution in [2.45, 2.75) is 33.7 Å². The van der Waals surface area contributed by atoms with Crippen molar-refractivity contribution in [3.05, 3.63) is 76.5 Å². The lowest BCUT2D eigenvalue weighted by molar-refractivity contribution is -0.118. The highest BCUT2D eigenvalue weighted by atomic mass is 16.5. The monoisotopic (exact) mass is 402 g/mol. The number of carbonyl (C=O) groups excluding carboxylic acids is 1. The number of fused-ring (bicyclic) bond motifs is 1. The van der Waals surface area contributed by atoms with Gasteiger partial charge in [0, 0.05) is 30.5 Å². The Morgan fingerprint density at radius 3 is 2.70 bits per heavy atom. The van der Waals surface area contributed by atoms with Crippen LogP contribution in [0.25, 0.3) is 0 Å². The fourth-order valence-electron chi connectivity index (χ4n) is 3.62. The normalized spacial score (nSPS) is 13.0. The molecule has 30 heavy (non-hydrogen) atoms. The van der Waals surface area contributed by atoms with Gasteiger partial charge in [0.2, 0.25) is 11.8 Å². The highest BCUT2D eigenvalue weighted by Gasteiger charge is 2.19. The molecule has 1 aliphatic rings. The summed E-state index contributed by atoms with van der Waals surface area (Å²) in [4.78, 5) is 23.7. The lowest BCUT2D eigenvalue weighted by Crippen LogP contribution is -2.32. The molecule has 4 rings (SSSR count). The molecule has 2 aromatic carbocycles. The predicted octanol–water partition coefficient (Wildman–Crippen LogP) is 3.98. The molecule has 0 bridgehead atoms. The minimum Gasteiger partial charge on any atom is -0.467 e. The van der Waals surface area contributed by atoms with Crippen LogP contribution in [0.2, 0.25) is 0 Å². The summed E-state index contributed by atoms with van der Waals surface area (Å²) in [7, 11) is 0. The molecular formula is C24H26N4O2. The first-order chi connectivity index (χ1) is 14.5. The fourth-order valence-corrected chi connectivity index (χ4v) is 3.62. The maximum Gasteiger partial charge on any atom is 0.262 e. The number of benzene rings is 2.